The number of aldehydes is 1. The van der Waals surface area contributed by atoms with Gasteiger partial charge in [0.2, 0.25) is 0 Å². The lowest BCUT2D eigenvalue weighted by Gasteiger charge is -2.01. The van der Waals surface area contributed by atoms with Crippen molar-refractivity contribution in [1.82, 2.24) is 14.8 Å². The summed E-state index contributed by atoms with van der Waals surface area (Å²) in [7, 11) is 0. The van der Waals surface area contributed by atoms with Crippen molar-refractivity contribution in [3.63, 3.8) is 0 Å². The third-order valence-corrected chi connectivity index (χ3v) is 2.39. The molecule has 1 aromatic heterocycles. The highest BCUT2D eigenvalue weighted by molar-refractivity contribution is 6.33. The second-order valence-electron chi connectivity index (χ2n) is 3.14. The van der Waals surface area contributed by atoms with Crippen LogP contribution in [-0.2, 0) is 0 Å². The van der Waals surface area contributed by atoms with E-state index in [0.29, 0.717) is 17.5 Å². The fourth-order valence-electron chi connectivity index (χ4n) is 1.24. The van der Waals surface area contributed by atoms with Crippen LogP contribution in [0.2, 0.25) is 5.02 Å². The molecular weight excluding hydrogens is 246 g/mol. The first-order valence-corrected chi connectivity index (χ1v) is 4.89. The number of carbonyl (C=O) groups excluding carboxylic acids is 1. The van der Waals surface area contributed by atoms with Crippen molar-refractivity contribution >= 4 is 23.9 Å². The Labute approximate surface area is 100 Å². The van der Waals surface area contributed by atoms with Crippen LogP contribution >= 0.6 is 11.6 Å². The van der Waals surface area contributed by atoms with Gasteiger partial charge >= 0.3 is 5.97 Å². The van der Waals surface area contributed by atoms with Crippen LogP contribution in [0.1, 0.15) is 21.0 Å². The molecule has 1 N–H and O–H groups in total. The van der Waals surface area contributed by atoms with Crippen LogP contribution < -0.4 is 0 Å². The summed E-state index contributed by atoms with van der Waals surface area (Å²) in [6, 6.07) is 4.62. The van der Waals surface area contributed by atoms with E-state index in [4.69, 9.17) is 16.7 Å². The zero-order chi connectivity index (χ0) is 12.4. The molecule has 0 fully saturated rings. The molecule has 1 heterocycles. The number of hydrogen-bond acceptors (Lipinski definition) is 4. The monoisotopic (exact) mass is 251 g/mol. The Morgan fingerprint density at radius 2 is 2.24 bits per heavy atom. The summed E-state index contributed by atoms with van der Waals surface area (Å²) in [6.07, 6.45) is 1.89. The summed E-state index contributed by atoms with van der Waals surface area (Å²) in [5, 5.41) is 12.7. The van der Waals surface area contributed by atoms with Crippen LogP contribution in [0.25, 0.3) is 5.69 Å². The summed E-state index contributed by atoms with van der Waals surface area (Å²) in [5.41, 5.74) is 0.884. The molecule has 2 aromatic rings. The minimum absolute atomic E-state index is 0.268. The van der Waals surface area contributed by atoms with E-state index in [9.17, 15) is 9.59 Å². The second-order valence-corrected chi connectivity index (χ2v) is 3.55. The standard InChI is InChI=1S/C10H6ClN3O3/c11-8-3-7(2-1-6(8)4-15)14-5-12-9(13-14)10(16)17/h1-5H,(H,16,17). The van der Waals surface area contributed by atoms with Crippen molar-refractivity contribution in [3.05, 3.63) is 40.9 Å². The van der Waals surface area contributed by atoms with Crippen LogP contribution in [0.4, 0.5) is 0 Å². The topological polar surface area (TPSA) is 85.1 Å². The molecule has 2 rings (SSSR count). The van der Waals surface area contributed by atoms with Crippen LogP contribution in [0.3, 0.4) is 0 Å². The van der Waals surface area contributed by atoms with E-state index in [0.717, 1.165) is 0 Å². The lowest BCUT2D eigenvalue weighted by Crippen LogP contribution is -2.02. The molecule has 6 nitrogen and oxygen atoms in total. The van der Waals surface area contributed by atoms with Crippen molar-refractivity contribution in [3.8, 4) is 5.69 Å². The van der Waals surface area contributed by atoms with Gasteiger partial charge in [0.05, 0.1) is 10.7 Å². The Morgan fingerprint density at radius 3 is 2.76 bits per heavy atom. The fourth-order valence-corrected chi connectivity index (χ4v) is 1.46. The SMILES string of the molecule is O=Cc1ccc(-n2cnc(C(=O)O)n2)cc1Cl. The normalized spacial score (nSPS) is 10.2. The molecule has 0 radical (unpaired) electrons. The Morgan fingerprint density at radius 1 is 1.47 bits per heavy atom. The molecule has 0 saturated heterocycles. The maximum atomic E-state index is 10.6. The Hall–Kier alpha value is -2.21. The Bertz CT molecular complexity index is 594. The smallest absolute Gasteiger partial charge is 0.375 e. The number of aromatic nitrogens is 3. The molecule has 0 unspecified atom stereocenters. The van der Waals surface area contributed by atoms with Crippen LogP contribution in [0.15, 0.2) is 24.5 Å². The second kappa shape index (κ2) is 4.34. The summed E-state index contributed by atoms with van der Waals surface area (Å²) in [6.45, 7) is 0. The zero-order valence-corrected chi connectivity index (χ0v) is 9.13. The number of halogens is 1. The molecular formula is C10H6ClN3O3. The lowest BCUT2D eigenvalue weighted by atomic mass is 10.2. The summed E-state index contributed by atoms with van der Waals surface area (Å²) in [5.74, 6) is -1.51. The largest absolute Gasteiger partial charge is 0.475 e. The molecule has 0 aliphatic heterocycles. The third kappa shape index (κ3) is 2.16. The highest BCUT2D eigenvalue weighted by Gasteiger charge is 2.10. The van der Waals surface area contributed by atoms with Gasteiger partial charge in [-0.1, -0.05) is 11.6 Å². The van der Waals surface area contributed by atoms with Crippen LogP contribution in [-0.4, -0.2) is 32.1 Å². The molecule has 86 valence electrons. The number of hydrogen-bond donors (Lipinski definition) is 1. The number of rotatable bonds is 3. The lowest BCUT2D eigenvalue weighted by molar-refractivity contribution is 0.0683. The minimum Gasteiger partial charge on any atom is -0.475 e. The van der Waals surface area contributed by atoms with E-state index in [1.54, 1.807) is 6.07 Å². The first-order valence-electron chi connectivity index (χ1n) is 4.52. The first kappa shape index (κ1) is 11.3. The van der Waals surface area contributed by atoms with Crippen molar-refractivity contribution in [2.75, 3.05) is 0 Å². The zero-order valence-electron chi connectivity index (χ0n) is 8.37. The molecule has 0 aliphatic carbocycles. The van der Waals surface area contributed by atoms with E-state index in [1.807, 2.05) is 0 Å². The molecule has 0 atom stereocenters. The number of nitrogens with zero attached hydrogens (tertiary/aromatic N) is 3. The Balaban J connectivity index is 2.42. The van der Waals surface area contributed by atoms with Gasteiger partial charge in [-0.2, -0.15) is 0 Å². The molecule has 1 aromatic carbocycles. The molecule has 0 bridgehead atoms. The minimum atomic E-state index is -1.21. The van der Waals surface area contributed by atoms with Crippen LogP contribution in [0.5, 0.6) is 0 Å². The third-order valence-electron chi connectivity index (χ3n) is 2.06. The number of carboxylic acid groups (broad SMARTS) is 1. The van der Waals surface area contributed by atoms with Crippen molar-refractivity contribution in [2.45, 2.75) is 0 Å². The average molecular weight is 252 g/mol. The summed E-state index contributed by atoms with van der Waals surface area (Å²) in [4.78, 5) is 24.8. The predicted molar refractivity (Wildman–Crippen MR) is 58.7 cm³/mol. The van der Waals surface area contributed by atoms with Gasteiger partial charge in [0.1, 0.15) is 6.33 Å². The molecule has 0 saturated carbocycles. The van der Waals surface area contributed by atoms with E-state index in [-0.39, 0.29) is 10.8 Å². The molecule has 0 spiro atoms. The maximum Gasteiger partial charge on any atom is 0.375 e. The van der Waals surface area contributed by atoms with Crippen molar-refractivity contribution < 1.29 is 14.7 Å². The van der Waals surface area contributed by atoms with Crippen molar-refractivity contribution in [2.24, 2.45) is 0 Å². The quantitative estimate of drug-likeness (QED) is 0.834. The average Bonchev–Trinajstić information content (AvgIpc) is 2.78. The molecule has 0 aliphatic rings. The van der Waals surface area contributed by atoms with Gasteiger partial charge in [0, 0.05) is 5.56 Å². The van der Waals surface area contributed by atoms with Gasteiger partial charge in [-0.05, 0) is 18.2 Å². The number of aromatic carboxylic acids is 1. The molecule has 7 heteroatoms. The van der Waals surface area contributed by atoms with Gasteiger partial charge in [0.25, 0.3) is 5.82 Å². The Kier molecular flexibility index (Phi) is 2.88. The van der Waals surface area contributed by atoms with Gasteiger partial charge in [-0.25, -0.2) is 14.5 Å². The molecule has 0 amide bonds. The first-order chi connectivity index (χ1) is 8.11. The number of carboxylic acids is 1. The van der Waals surface area contributed by atoms with E-state index >= 15 is 0 Å². The molecule has 17 heavy (non-hydrogen) atoms. The van der Waals surface area contributed by atoms with E-state index < -0.39 is 5.97 Å². The summed E-state index contributed by atoms with van der Waals surface area (Å²) >= 11 is 5.84. The van der Waals surface area contributed by atoms with E-state index in [2.05, 4.69) is 10.1 Å². The van der Waals surface area contributed by atoms with Gasteiger partial charge < -0.3 is 5.11 Å². The highest BCUT2D eigenvalue weighted by atomic mass is 35.5. The fraction of sp³-hybridized carbons (Fsp3) is 0. The summed E-state index contributed by atoms with van der Waals surface area (Å²) < 4.78 is 1.27. The van der Waals surface area contributed by atoms with Gasteiger partial charge in [0.15, 0.2) is 6.29 Å². The predicted octanol–water partition coefficient (Wildman–Crippen LogP) is 1.43. The van der Waals surface area contributed by atoms with Gasteiger partial charge in [-0.3, -0.25) is 4.79 Å². The highest BCUT2D eigenvalue weighted by Crippen LogP contribution is 2.18. The van der Waals surface area contributed by atoms with Crippen molar-refractivity contribution in [1.29, 1.82) is 0 Å². The van der Waals surface area contributed by atoms with E-state index in [1.165, 1.54) is 23.1 Å². The maximum absolute atomic E-state index is 10.6. The number of benzene rings is 1. The van der Waals surface area contributed by atoms with Gasteiger partial charge in [-0.15, -0.1) is 5.10 Å². The van der Waals surface area contributed by atoms with Crippen LogP contribution in [0, 0.1) is 0 Å². The number of carbonyl (C=O) groups is 2.